The van der Waals surface area contributed by atoms with Crippen molar-refractivity contribution in [3.05, 3.63) is 75.6 Å². The number of amides is 1. The number of nitrogens with zero attached hydrogens (tertiary/aromatic N) is 3. The molecule has 0 saturated heterocycles. The molecule has 1 amide bonds. The van der Waals surface area contributed by atoms with E-state index < -0.39 is 16.5 Å². The summed E-state index contributed by atoms with van der Waals surface area (Å²) in [7, 11) is 1.52. The maximum Gasteiger partial charge on any atom is 0.374 e. The second-order valence-corrected chi connectivity index (χ2v) is 6.37. The molecule has 0 aliphatic heterocycles. The average Bonchev–Trinajstić information content (AvgIpc) is 2.71. The van der Waals surface area contributed by atoms with Crippen molar-refractivity contribution in [3.63, 3.8) is 0 Å². The number of nitro groups is 1. The van der Waals surface area contributed by atoms with Gasteiger partial charge in [-0.1, -0.05) is 6.07 Å². The van der Waals surface area contributed by atoms with Gasteiger partial charge in [-0.3, -0.25) is 25.8 Å². The van der Waals surface area contributed by atoms with E-state index in [1.165, 1.54) is 7.11 Å². The highest BCUT2D eigenvalue weighted by Crippen LogP contribution is 2.34. The molecule has 0 spiro atoms. The van der Waals surface area contributed by atoms with Gasteiger partial charge in [0.1, 0.15) is 17.8 Å². The Morgan fingerprint density at radius 2 is 1.70 bits per heavy atom. The van der Waals surface area contributed by atoms with Crippen LogP contribution in [0.4, 0.5) is 11.5 Å². The summed E-state index contributed by atoms with van der Waals surface area (Å²) in [5, 5.41) is 11.6. The molecule has 0 bridgehead atoms. The molecule has 2 aromatic carbocycles. The molecule has 0 saturated carbocycles. The molecule has 0 unspecified atom stereocenters. The molecule has 3 rings (SSSR count). The zero-order valence-corrected chi connectivity index (χ0v) is 16.5. The van der Waals surface area contributed by atoms with Crippen LogP contribution in [0.15, 0.2) is 48.8 Å². The Balaban J connectivity index is 1.81. The van der Waals surface area contributed by atoms with E-state index in [0.717, 1.165) is 17.5 Å². The fourth-order valence-corrected chi connectivity index (χ4v) is 2.73. The number of hydrogen-bond donors (Lipinski definition) is 2. The van der Waals surface area contributed by atoms with Crippen LogP contribution >= 0.6 is 0 Å². The van der Waals surface area contributed by atoms with Gasteiger partial charge in [-0.25, -0.2) is 4.98 Å². The van der Waals surface area contributed by atoms with Crippen LogP contribution in [-0.4, -0.2) is 27.9 Å². The first-order valence-corrected chi connectivity index (χ1v) is 8.83. The first kappa shape index (κ1) is 20.5. The van der Waals surface area contributed by atoms with Gasteiger partial charge in [0.05, 0.1) is 12.0 Å². The summed E-state index contributed by atoms with van der Waals surface area (Å²) < 4.78 is 10.7. The van der Waals surface area contributed by atoms with Crippen molar-refractivity contribution in [1.82, 2.24) is 15.4 Å². The summed E-state index contributed by atoms with van der Waals surface area (Å²) in [6.45, 7) is 3.77. The zero-order chi connectivity index (χ0) is 21.7. The molecule has 2 N–H and O–H groups in total. The maximum absolute atomic E-state index is 12.3. The van der Waals surface area contributed by atoms with Gasteiger partial charge >= 0.3 is 11.6 Å². The number of hydrazine groups is 1. The van der Waals surface area contributed by atoms with E-state index in [1.807, 2.05) is 19.9 Å². The van der Waals surface area contributed by atoms with Crippen LogP contribution in [0, 0.1) is 24.0 Å². The van der Waals surface area contributed by atoms with Crippen LogP contribution in [0.2, 0.25) is 0 Å². The van der Waals surface area contributed by atoms with E-state index in [4.69, 9.17) is 9.47 Å². The molecule has 0 radical (unpaired) electrons. The minimum absolute atomic E-state index is 0.212. The number of nitrogens with one attached hydrogen (secondary N) is 2. The number of hydrogen-bond acceptors (Lipinski definition) is 8. The Kier molecular flexibility index (Phi) is 6.06. The third-order valence-corrected chi connectivity index (χ3v) is 4.03. The lowest BCUT2D eigenvalue weighted by Crippen LogP contribution is -2.30. The second kappa shape index (κ2) is 8.86. The van der Waals surface area contributed by atoms with E-state index in [9.17, 15) is 14.9 Å². The van der Waals surface area contributed by atoms with Crippen LogP contribution in [-0.2, 0) is 0 Å². The van der Waals surface area contributed by atoms with Crippen LogP contribution in [0.1, 0.15) is 21.5 Å². The highest BCUT2D eigenvalue weighted by Gasteiger charge is 2.25. The molecule has 10 nitrogen and oxygen atoms in total. The monoisotopic (exact) mass is 409 g/mol. The van der Waals surface area contributed by atoms with E-state index in [2.05, 4.69) is 20.8 Å². The Hall–Kier alpha value is -4.21. The van der Waals surface area contributed by atoms with E-state index in [-0.39, 0.29) is 11.7 Å². The second-order valence-electron chi connectivity index (χ2n) is 6.37. The zero-order valence-electron chi connectivity index (χ0n) is 16.5. The van der Waals surface area contributed by atoms with Gasteiger partial charge in [0, 0.05) is 5.56 Å². The number of methoxy groups -OCH3 is 1. The number of anilines is 1. The molecule has 10 heteroatoms. The molecule has 3 aromatic rings. The van der Waals surface area contributed by atoms with Gasteiger partial charge < -0.3 is 9.47 Å². The predicted molar refractivity (Wildman–Crippen MR) is 109 cm³/mol. The van der Waals surface area contributed by atoms with E-state index >= 15 is 0 Å². The molecule has 1 aromatic heterocycles. The van der Waals surface area contributed by atoms with Gasteiger partial charge in [-0.15, -0.1) is 0 Å². The van der Waals surface area contributed by atoms with Gasteiger partial charge in [-0.2, -0.15) is 4.98 Å². The number of aromatic nitrogens is 2. The third kappa shape index (κ3) is 4.79. The van der Waals surface area contributed by atoms with Crippen molar-refractivity contribution in [2.24, 2.45) is 0 Å². The lowest BCUT2D eigenvalue weighted by molar-refractivity contribution is -0.385. The predicted octanol–water partition coefficient (Wildman–Crippen LogP) is 3.56. The Bertz CT molecular complexity index is 1070. The molecule has 0 aliphatic carbocycles. The largest absolute Gasteiger partial charge is 0.497 e. The lowest BCUT2D eigenvalue weighted by Gasteiger charge is -2.11. The molecule has 1 heterocycles. The summed E-state index contributed by atoms with van der Waals surface area (Å²) >= 11 is 0. The Morgan fingerprint density at radius 3 is 2.30 bits per heavy atom. The fourth-order valence-electron chi connectivity index (χ4n) is 2.73. The number of carbonyl (C=O) groups is 1. The van der Waals surface area contributed by atoms with Crippen LogP contribution in [0.3, 0.4) is 0 Å². The smallest absolute Gasteiger partial charge is 0.374 e. The Morgan fingerprint density at radius 1 is 1.03 bits per heavy atom. The summed E-state index contributed by atoms with van der Waals surface area (Å²) in [6.07, 6.45) is 1.10. The molecule has 30 heavy (non-hydrogen) atoms. The maximum atomic E-state index is 12.3. The number of rotatable bonds is 7. The summed E-state index contributed by atoms with van der Waals surface area (Å²) in [5.74, 6) is 0.0291. The number of ether oxygens (including phenoxy) is 2. The summed E-state index contributed by atoms with van der Waals surface area (Å²) in [4.78, 5) is 31.0. The number of aryl methyl sites for hydroxylation is 2. The normalized spacial score (nSPS) is 10.2. The van der Waals surface area contributed by atoms with Crippen molar-refractivity contribution < 1.29 is 19.2 Å². The number of benzene rings is 2. The minimum atomic E-state index is -0.681. The standard InChI is InChI=1S/C20H19N5O5/c1-12-8-13(2)10-16(9-12)30-20-17(25(27)28)18(21-11-22-20)23-24-19(26)14-4-6-15(29-3)7-5-14/h4-11H,1-3H3,(H,24,26)(H,21,22,23). The third-order valence-electron chi connectivity index (χ3n) is 4.03. The first-order chi connectivity index (χ1) is 14.4. The molecule has 154 valence electrons. The van der Waals surface area contributed by atoms with Crippen LogP contribution in [0.25, 0.3) is 0 Å². The van der Waals surface area contributed by atoms with Gasteiger partial charge in [0.25, 0.3) is 5.91 Å². The quantitative estimate of drug-likeness (QED) is 0.448. The van der Waals surface area contributed by atoms with Crippen molar-refractivity contribution >= 4 is 17.4 Å². The summed E-state index contributed by atoms with van der Waals surface area (Å²) in [5.41, 5.74) is 6.54. The molecule has 0 atom stereocenters. The fraction of sp³-hybridized carbons (Fsp3) is 0.150. The topological polar surface area (TPSA) is 129 Å². The van der Waals surface area contributed by atoms with Crippen molar-refractivity contribution in [2.45, 2.75) is 13.8 Å². The summed E-state index contributed by atoms with van der Waals surface area (Å²) in [6, 6.07) is 11.8. The lowest BCUT2D eigenvalue weighted by atomic mass is 10.1. The SMILES string of the molecule is COc1ccc(C(=O)NNc2ncnc(Oc3cc(C)cc(C)c3)c2[N+](=O)[O-])cc1. The van der Waals surface area contributed by atoms with Crippen LogP contribution < -0.4 is 20.3 Å². The minimum Gasteiger partial charge on any atom is -0.497 e. The van der Waals surface area contributed by atoms with E-state index in [1.54, 1.807) is 36.4 Å². The van der Waals surface area contributed by atoms with Crippen molar-refractivity contribution in [3.8, 4) is 17.4 Å². The molecular weight excluding hydrogens is 390 g/mol. The molecule has 0 aliphatic rings. The highest BCUT2D eigenvalue weighted by molar-refractivity contribution is 5.95. The van der Waals surface area contributed by atoms with Gasteiger partial charge in [0.2, 0.25) is 5.82 Å². The van der Waals surface area contributed by atoms with Crippen molar-refractivity contribution in [1.29, 1.82) is 0 Å². The molecule has 0 fully saturated rings. The van der Waals surface area contributed by atoms with Gasteiger partial charge in [-0.05, 0) is 61.4 Å². The van der Waals surface area contributed by atoms with Crippen LogP contribution in [0.5, 0.6) is 17.4 Å². The highest BCUT2D eigenvalue weighted by atomic mass is 16.6. The molecular formula is C20H19N5O5. The average molecular weight is 409 g/mol. The van der Waals surface area contributed by atoms with Gasteiger partial charge in [0.15, 0.2) is 0 Å². The number of carbonyl (C=O) groups excluding carboxylic acids is 1. The Labute approximate surface area is 172 Å². The van der Waals surface area contributed by atoms with Crippen molar-refractivity contribution in [2.75, 3.05) is 12.5 Å². The first-order valence-electron chi connectivity index (χ1n) is 8.83. The van der Waals surface area contributed by atoms with E-state index in [0.29, 0.717) is 17.1 Å².